The summed E-state index contributed by atoms with van der Waals surface area (Å²) in [5, 5.41) is 12.2. The predicted octanol–water partition coefficient (Wildman–Crippen LogP) is 2.38. The average Bonchev–Trinajstić information content (AvgIpc) is 2.73. The number of aromatic amines is 1. The van der Waals surface area contributed by atoms with Gasteiger partial charge in [-0.3, -0.25) is 4.79 Å². The van der Waals surface area contributed by atoms with Gasteiger partial charge in [0.05, 0.1) is 22.5 Å². The molecule has 0 fully saturated rings. The van der Waals surface area contributed by atoms with Crippen molar-refractivity contribution in [1.29, 1.82) is 0 Å². The second kappa shape index (κ2) is 4.20. The molecule has 6 heteroatoms. The molecule has 2 aromatic heterocycles. The molecule has 0 bridgehead atoms. The highest BCUT2D eigenvalue weighted by Crippen LogP contribution is 2.22. The van der Waals surface area contributed by atoms with Crippen LogP contribution in [-0.2, 0) is 0 Å². The maximum absolute atomic E-state index is 11.8. The molecule has 0 spiro atoms. The molecule has 1 aromatic carbocycles. The second-order valence-corrected chi connectivity index (χ2v) is 4.78. The third-order valence-electron chi connectivity index (χ3n) is 3.07. The zero-order chi connectivity index (χ0) is 13.6. The molecule has 0 unspecified atom stereocenters. The highest BCUT2D eigenvalue weighted by Gasteiger charge is 2.14. The molecule has 0 saturated heterocycles. The molecule has 0 amide bonds. The van der Waals surface area contributed by atoms with Crippen LogP contribution in [0.4, 0.5) is 0 Å². The van der Waals surface area contributed by atoms with Gasteiger partial charge in [0.1, 0.15) is 0 Å². The molecule has 0 aliphatic rings. The molecule has 3 rings (SSSR count). The second-order valence-electron chi connectivity index (χ2n) is 4.34. The van der Waals surface area contributed by atoms with Crippen molar-refractivity contribution in [2.45, 2.75) is 13.8 Å². The van der Waals surface area contributed by atoms with Gasteiger partial charge in [0, 0.05) is 5.02 Å². The van der Waals surface area contributed by atoms with Crippen LogP contribution in [0.5, 0.6) is 0 Å². The number of H-pyrrole nitrogens is 1. The molecule has 96 valence electrons. The first-order chi connectivity index (χ1) is 9.08. The lowest BCUT2D eigenvalue weighted by molar-refractivity contribution is 0.858. The van der Waals surface area contributed by atoms with E-state index in [1.807, 2.05) is 26.0 Å². The van der Waals surface area contributed by atoms with Crippen LogP contribution in [0, 0.1) is 13.8 Å². The van der Waals surface area contributed by atoms with Crippen LogP contribution in [0.3, 0.4) is 0 Å². The minimum Gasteiger partial charge on any atom is -0.265 e. The first-order valence-electron chi connectivity index (χ1n) is 5.78. The third-order valence-corrected chi connectivity index (χ3v) is 3.31. The molecular formula is C13H11ClN4O. The van der Waals surface area contributed by atoms with Gasteiger partial charge in [0.15, 0.2) is 5.52 Å². The molecule has 1 N–H and O–H groups in total. The molecule has 0 atom stereocenters. The fourth-order valence-electron chi connectivity index (χ4n) is 2.20. The molecular weight excluding hydrogens is 264 g/mol. The molecule has 3 aromatic rings. The monoisotopic (exact) mass is 274 g/mol. The van der Waals surface area contributed by atoms with Gasteiger partial charge in [0.25, 0.3) is 5.56 Å². The smallest absolute Gasteiger partial charge is 0.265 e. The van der Waals surface area contributed by atoms with Crippen molar-refractivity contribution in [3.05, 3.63) is 51.0 Å². The van der Waals surface area contributed by atoms with E-state index in [1.165, 1.54) is 0 Å². The van der Waals surface area contributed by atoms with Crippen LogP contribution in [0.15, 0.2) is 29.1 Å². The lowest BCUT2D eigenvalue weighted by Crippen LogP contribution is -2.09. The Kier molecular flexibility index (Phi) is 2.64. The molecule has 19 heavy (non-hydrogen) atoms. The van der Waals surface area contributed by atoms with Gasteiger partial charge in [0.2, 0.25) is 0 Å². The largest absolute Gasteiger partial charge is 0.292 e. The summed E-state index contributed by atoms with van der Waals surface area (Å²) in [5.41, 5.74) is 2.54. The molecule has 0 radical (unpaired) electrons. The molecule has 0 aliphatic carbocycles. The van der Waals surface area contributed by atoms with Crippen molar-refractivity contribution in [2.24, 2.45) is 0 Å². The van der Waals surface area contributed by atoms with Crippen molar-refractivity contribution < 1.29 is 0 Å². The Morgan fingerprint density at radius 2 is 2.11 bits per heavy atom. The fraction of sp³-hybridized carbons (Fsp3) is 0.154. The number of nitrogens with one attached hydrogen (secondary N) is 1. The summed E-state index contributed by atoms with van der Waals surface area (Å²) < 4.78 is 1.71. The van der Waals surface area contributed by atoms with Crippen molar-refractivity contribution in [2.75, 3.05) is 0 Å². The Labute approximate surface area is 113 Å². The Morgan fingerprint density at radius 3 is 2.79 bits per heavy atom. The lowest BCUT2D eigenvalue weighted by atomic mass is 10.2. The van der Waals surface area contributed by atoms with E-state index in [4.69, 9.17) is 11.6 Å². The van der Waals surface area contributed by atoms with E-state index in [-0.39, 0.29) is 5.56 Å². The van der Waals surface area contributed by atoms with E-state index in [1.54, 1.807) is 16.8 Å². The highest BCUT2D eigenvalue weighted by atomic mass is 35.5. The summed E-state index contributed by atoms with van der Waals surface area (Å²) in [7, 11) is 0. The van der Waals surface area contributed by atoms with Crippen molar-refractivity contribution >= 4 is 22.5 Å². The normalized spacial score (nSPS) is 11.1. The Morgan fingerprint density at radius 1 is 1.32 bits per heavy atom. The van der Waals surface area contributed by atoms with Crippen LogP contribution in [-0.4, -0.2) is 20.0 Å². The van der Waals surface area contributed by atoms with Crippen LogP contribution in [0.25, 0.3) is 16.6 Å². The number of fused-ring (bicyclic) bond motifs is 1. The van der Waals surface area contributed by atoms with E-state index in [9.17, 15) is 4.79 Å². The summed E-state index contributed by atoms with van der Waals surface area (Å²) in [6, 6.07) is 7.33. The highest BCUT2D eigenvalue weighted by molar-refractivity contribution is 6.30. The minimum absolute atomic E-state index is 0.288. The van der Waals surface area contributed by atoms with Gasteiger partial charge in [-0.25, -0.2) is 9.78 Å². The third kappa shape index (κ3) is 1.82. The summed E-state index contributed by atoms with van der Waals surface area (Å²) in [6.45, 7) is 3.75. The first-order valence-corrected chi connectivity index (χ1v) is 6.16. The Balaban J connectivity index is 2.38. The minimum atomic E-state index is -0.288. The standard InChI is InChI=1S/C13H11ClN4O/c1-7-11-8(2)18(10-5-3-4-9(14)6-10)17-12(11)13(19)16-15-7/h3-6H,1-2H3,(H,16,19). The van der Waals surface area contributed by atoms with Gasteiger partial charge < -0.3 is 0 Å². The van der Waals surface area contributed by atoms with Crippen molar-refractivity contribution in [3.63, 3.8) is 0 Å². The summed E-state index contributed by atoms with van der Waals surface area (Å²) in [4.78, 5) is 11.8. The van der Waals surface area contributed by atoms with Gasteiger partial charge >= 0.3 is 0 Å². The van der Waals surface area contributed by atoms with Crippen LogP contribution < -0.4 is 5.56 Å². The van der Waals surface area contributed by atoms with E-state index >= 15 is 0 Å². The molecule has 5 nitrogen and oxygen atoms in total. The van der Waals surface area contributed by atoms with E-state index in [0.29, 0.717) is 10.5 Å². The van der Waals surface area contributed by atoms with Crippen molar-refractivity contribution in [1.82, 2.24) is 20.0 Å². The SMILES string of the molecule is Cc1n[nH]c(=O)c2nn(-c3cccc(Cl)c3)c(C)c12. The molecule has 0 aliphatic heterocycles. The van der Waals surface area contributed by atoms with Gasteiger partial charge in [-0.1, -0.05) is 17.7 Å². The van der Waals surface area contributed by atoms with E-state index < -0.39 is 0 Å². The Bertz CT molecular complexity index is 834. The summed E-state index contributed by atoms with van der Waals surface area (Å²) in [5.74, 6) is 0. The van der Waals surface area contributed by atoms with Gasteiger partial charge in [-0.15, -0.1) is 0 Å². The first kappa shape index (κ1) is 11.9. The molecule has 0 saturated carbocycles. The maximum atomic E-state index is 11.8. The predicted molar refractivity (Wildman–Crippen MR) is 74.0 cm³/mol. The summed E-state index contributed by atoms with van der Waals surface area (Å²) in [6.07, 6.45) is 0. The molecule has 2 heterocycles. The number of benzene rings is 1. The zero-order valence-corrected chi connectivity index (χ0v) is 11.2. The number of rotatable bonds is 1. The van der Waals surface area contributed by atoms with Crippen molar-refractivity contribution in [3.8, 4) is 5.69 Å². The van der Waals surface area contributed by atoms with E-state index in [2.05, 4.69) is 15.3 Å². The van der Waals surface area contributed by atoms with Crippen LogP contribution in [0.2, 0.25) is 5.02 Å². The number of aromatic nitrogens is 4. The summed E-state index contributed by atoms with van der Waals surface area (Å²) >= 11 is 5.99. The van der Waals surface area contributed by atoms with Crippen LogP contribution >= 0.6 is 11.6 Å². The number of nitrogens with zero attached hydrogens (tertiary/aromatic N) is 3. The number of aryl methyl sites for hydroxylation is 2. The lowest BCUT2D eigenvalue weighted by Gasteiger charge is -2.04. The van der Waals surface area contributed by atoms with Gasteiger partial charge in [-0.05, 0) is 32.0 Å². The Hall–Kier alpha value is -2.14. The van der Waals surface area contributed by atoms with Gasteiger partial charge in [-0.2, -0.15) is 10.2 Å². The number of hydrogen-bond donors (Lipinski definition) is 1. The average molecular weight is 275 g/mol. The van der Waals surface area contributed by atoms with Crippen LogP contribution in [0.1, 0.15) is 11.4 Å². The maximum Gasteiger partial charge on any atom is 0.292 e. The number of halogens is 1. The topological polar surface area (TPSA) is 63.6 Å². The van der Waals surface area contributed by atoms with E-state index in [0.717, 1.165) is 22.5 Å². The number of hydrogen-bond acceptors (Lipinski definition) is 3. The fourth-order valence-corrected chi connectivity index (χ4v) is 2.38. The zero-order valence-electron chi connectivity index (χ0n) is 10.4. The quantitative estimate of drug-likeness (QED) is 0.741.